The molecule has 0 spiro atoms. The van der Waals surface area contributed by atoms with Gasteiger partial charge in [0.15, 0.2) is 0 Å². The molecular formula is C12H14N2. The highest BCUT2D eigenvalue weighted by atomic mass is 14.7. The van der Waals surface area contributed by atoms with Crippen molar-refractivity contribution in [2.45, 2.75) is 18.3 Å². The van der Waals surface area contributed by atoms with Crippen molar-refractivity contribution >= 4 is 10.9 Å². The van der Waals surface area contributed by atoms with Crippen molar-refractivity contribution in [3.8, 4) is 0 Å². The molecule has 14 heavy (non-hydrogen) atoms. The van der Waals surface area contributed by atoms with Gasteiger partial charge in [-0.1, -0.05) is 18.2 Å². The standard InChI is InChI=1S/C12H14N2/c13-8-12(5-6-12)10-7-14-11-4-2-1-3-9(10)11/h1-4,7,14H,5-6,8,13H2. The molecule has 2 nitrogen and oxygen atoms in total. The molecule has 1 heterocycles. The van der Waals surface area contributed by atoms with Crippen LogP contribution in [0, 0.1) is 0 Å². The van der Waals surface area contributed by atoms with E-state index in [1.807, 2.05) is 0 Å². The van der Waals surface area contributed by atoms with Crippen LogP contribution in [0.4, 0.5) is 0 Å². The minimum Gasteiger partial charge on any atom is -0.361 e. The van der Waals surface area contributed by atoms with Crippen LogP contribution in [0.2, 0.25) is 0 Å². The number of H-pyrrole nitrogens is 1. The van der Waals surface area contributed by atoms with Crippen LogP contribution in [0.3, 0.4) is 0 Å². The number of fused-ring (bicyclic) bond motifs is 1. The third-order valence-corrected chi connectivity index (χ3v) is 3.40. The molecule has 0 aliphatic heterocycles. The first-order valence-corrected chi connectivity index (χ1v) is 5.12. The molecule has 0 amide bonds. The van der Waals surface area contributed by atoms with Crippen LogP contribution in [-0.2, 0) is 5.41 Å². The maximum Gasteiger partial charge on any atom is 0.0457 e. The zero-order valence-corrected chi connectivity index (χ0v) is 8.09. The molecular weight excluding hydrogens is 172 g/mol. The third-order valence-electron chi connectivity index (χ3n) is 3.40. The molecule has 1 aromatic heterocycles. The normalized spacial score (nSPS) is 18.6. The Morgan fingerprint density at radius 3 is 2.79 bits per heavy atom. The molecule has 0 bridgehead atoms. The fraction of sp³-hybridized carbons (Fsp3) is 0.333. The monoisotopic (exact) mass is 186 g/mol. The Balaban J connectivity index is 2.22. The summed E-state index contributed by atoms with van der Waals surface area (Å²) in [7, 11) is 0. The highest BCUT2D eigenvalue weighted by Crippen LogP contribution is 2.49. The first-order chi connectivity index (χ1) is 6.86. The fourth-order valence-corrected chi connectivity index (χ4v) is 2.24. The number of aromatic nitrogens is 1. The molecule has 1 fully saturated rings. The number of rotatable bonds is 2. The largest absolute Gasteiger partial charge is 0.361 e. The Labute approximate surface area is 83.1 Å². The van der Waals surface area contributed by atoms with Crippen molar-refractivity contribution in [1.29, 1.82) is 0 Å². The van der Waals surface area contributed by atoms with Crippen LogP contribution in [0.5, 0.6) is 0 Å². The van der Waals surface area contributed by atoms with E-state index in [0.29, 0.717) is 5.41 Å². The molecule has 0 atom stereocenters. The van der Waals surface area contributed by atoms with E-state index in [2.05, 4.69) is 35.4 Å². The lowest BCUT2D eigenvalue weighted by Gasteiger charge is -2.10. The Hall–Kier alpha value is -1.28. The van der Waals surface area contributed by atoms with Gasteiger partial charge in [-0.05, 0) is 24.5 Å². The van der Waals surface area contributed by atoms with E-state index in [0.717, 1.165) is 6.54 Å². The van der Waals surface area contributed by atoms with Gasteiger partial charge in [-0.2, -0.15) is 0 Å². The molecule has 3 N–H and O–H groups in total. The van der Waals surface area contributed by atoms with E-state index in [4.69, 9.17) is 5.73 Å². The number of nitrogens with two attached hydrogens (primary N) is 1. The molecule has 0 unspecified atom stereocenters. The molecule has 1 aliphatic carbocycles. The summed E-state index contributed by atoms with van der Waals surface area (Å²) in [6, 6.07) is 8.44. The van der Waals surface area contributed by atoms with E-state index in [-0.39, 0.29) is 0 Å². The lowest BCUT2D eigenvalue weighted by molar-refractivity contribution is 0.711. The summed E-state index contributed by atoms with van der Waals surface area (Å²) >= 11 is 0. The summed E-state index contributed by atoms with van der Waals surface area (Å²) in [6.45, 7) is 0.773. The average Bonchev–Trinajstić information content (AvgIpc) is 2.91. The van der Waals surface area contributed by atoms with Gasteiger partial charge in [0.25, 0.3) is 0 Å². The van der Waals surface area contributed by atoms with Crippen molar-refractivity contribution in [2.24, 2.45) is 5.73 Å². The molecule has 2 aromatic rings. The lowest BCUT2D eigenvalue weighted by Crippen LogP contribution is -2.19. The zero-order valence-electron chi connectivity index (χ0n) is 8.09. The van der Waals surface area contributed by atoms with E-state index < -0.39 is 0 Å². The van der Waals surface area contributed by atoms with Gasteiger partial charge >= 0.3 is 0 Å². The van der Waals surface area contributed by atoms with Gasteiger partial charge in [-0.25, -0.2) is 0 Å². The summed E-state index contributed by atoms with van der Waals surface area (Å²) in [4.78, 5) is 3.31. The molecule has 2 heteroatoms. The molecule has 0 radical (unpaired) electrons. The summed E-state index contributed by atoms with van der Waals surface area (Å²) < 4.78 is 0. The lowest BCUT2D eigenvalue weighted by atomic mass is 9.96. The maximum atomic E-state index is 5.84. The van der Waals surface area contributed by atoms with Crippen molar-refractivity contribution in [3.05, 3.63) is 36.0 Å². The highest BCUT2D eigenvalue weighted by Gasteiger charge is 2.44. The average molecular weight is 186 g/mol. The molecule has 1 saturated carbocycles. The number of hydrogen-bond donors (Lipinski definition) is 2. The topological polar surface area (TPSA) is 41.8 Å². The van der Waals surface area contributed by atoms with Gasteiger partial charge in [0.05, 0.1) is 0 Å². The molecule has 1 aliphatic rings. The maximum absolute atomic E-state index is 5.84. The number of hydrogen-bond acceptors (Lipinski definition) is 1. The van der Waals surface area contributed by atoms with E-state index in [1.54, 1.807) is 0 Å². The molecule has 72 valence electrons. The van der Waals surface area contributed by atoms with Crippen molar-refractivity contribution in [2.75, 3.05) is 6.54 Å². The quantitative estimate of drug-likeness (QED) is 0.741. The summed E-state index contributed by atoms with van der Waals surface area (Å²) in [5.74, 6) is 0. The Bertz CT molecular complexity index is 466. The SMILES string of the molecule is NCC1(c2c[nH]c3ccccc23)CC1. The minimum atomic E-state index is 0.291. The van der Waals surface area contributed by atoms with Crippen molar-refractivity contribution in [3.63, 3.8) is 0 Å². The smallest absolute Gasteiger partial charge is 0.0457 e. The minimum absolute atomic E-state index is 0.291. The van der Waals surface area contributed by atoms with Crippen LogP contribution in [-0.4, -0.2) is 11.5 Å². The van der Waals surface area contributed by atoms with Gasteiger partial charge in [0.1, 0.15) is 0 Å². The Morgan fingerprint density at radius 1 is 1.29 bits per heavy atom. The van der Waals surface area contributed by atoms with Gasteiger partial charge < -0.3 is 10.7 Å². The molecule has 1 aromatic carbocycles. The van der Waals surface area contributed by atoms with E-state index >= 15 is 0 Å². The van der Waals surface area contributed by atoms with Crippen LogP contribution in [0.15, 0.2) is 30.5 Å². The zero-order chi connectivity index (χ0) is 9.60. The van der Waals surface area contributed by atoms with Crippen LogP contribution < -0.4 is 5.73 Å². The predicted octanol–water partition coefficient (Wildman–Crippen LogP) is 2.16. The van der Waals surface area contributed by atoms with Gasteiger partial charge in [0, 0.05) is 29.1 Å². The van der Waals surface area contributed by atoms with Crippen molar-refractivity contribution < 1.29 is 0 Å². The second-order valence-corrected chi connectivity index (χ2v) is 4.23. The highest BCUT2D eigenvalue weighted by molar-refractivity contribution is 5.84. The Morgan fingerprint density at radius 2 is 2.07 bits per heavy atom. The first kappa shape index (κ1) is 8.06. The molecule has 3 rings (SSSR count). The molecule has 0 saturated heterocycles. The summed E-state index contributed by atoms with van der Waals surface area (Å²) in [5.41, 5.74) is 8.77. The van der Waals surface area contributed by atoms with E-state index in [9.17, 15) is 0 Å². The second kappa shape index (κ2) is 2.61. The van der Waals surface area contributed by atoms with E-state index in [1.165, 1.54) is 29.3 Å². The predicted molar refractivity (Wildman–Crippen MR) is 58.3 cm³/mol. The number of aromatic amines is 1. The number of para-hydroxylation sites is 1. The summed E-state index contributed by atoms with van der Waals surface area (Å²) in [5, 5.41) is 1.34. The third kappa shape index (κ3) is 0.946. The van der Waals surface area contributed by atoms with Crippen molar-refractivity contribution in [1.82, 2.24) is 4.98 Å². The second-order valence-electron chi connectivity index (χ2n) is 4.23. The van der Waals surface area contributed by atoms with Gasteiger partial charge in [-0.15, -0.1) is 0 Å². The number of nitrogens with one attached hydrogen (secondary N) is 1. The van der Waals surface area contributed by atoms with Crippen LogP contribution >= 0.6 is 0 Å². The van der Waals surface area contributed by atoms with Gasteiger partial charge in [-0.3, -0.25) is 0 Å². The van der Waals surface area contributed by atoms with Crippen LogP contribution in [0.1, 0.15) is 18.4 Å². The Kier molecular flexibility index (Phi) is 1.50. The fourth-order valence-electron chi connectivity index (χ4n) is 2.24. The van der Waals surface area contributed by atoms with Crippen LogP contribution in [0.25, 0.3) is 10.9 Å². The number of benzene rings is 1. The first-order valence-electron chi connectivity index (χ1n) is 5.12. The van der Waals surface area contributed by atoms with Gasteiger partial charge in [0.2, 0.25) is 0 Å². The summed E-state index contributed by atoms with van der Waals surface area (Å²) in [6.07, 6.45) is 4.61.